The molecule has 0 aliphatic heterocycles. The van der Waals surface area contributed by atoms with Gasteiger partial charge in [0.05, 0.1) is 5.56 Å². The van der Waals surface area contributed by atoms with Crippen LogP contribution in [0, 0.1) is 6.92 Å². The number of hydrogen-bond acceptors (Lipinski definition) is 4. The fourth-order valence-electron chi connectivity index (χ4n) is 2.44. The maximum absolute atomic E-state index is 12.8. The highest BCUT2D eigenvalue weighted by Gasteiger charge is 2.26. The lowest BCUT2D eigenvalue weighted by atomic mass is 10.1. The van der Waals surface area contributed by atoms with Gasteiger partial charge >= 0.3 is 5.97 Å². The molecule has 1 aromatic heterocycles. The van der Waals surface area contributed by atoms with E-state index in [0.29, 0.717) is 21.8 Å². The van der Waals surface area contributed by atoms with E-state index < -0.39 is 18.0 Å². The normalized spacial score (nSPS) is 11.5. The van der Waals surface area contributed by atoms with Crippen molar-refractivity contribution in [2.24, 2.45) is 0 Å². The number of anilines is 1. The van der Waals surface area contributed by atoms with E-state index in [2.05, 4.69) is 10.3 Å². The van der Waals surface area contributed by atoms with Gasteiger partial charge in [-0.1, -0.05) is 48.0 Å². The number of esters is 1. The van der Waals surface area contributed by atoms with Crippen LogP contribution in [0.5, 0.6) is 0 Å². The van der Waals surface area contributed by atoms with E-state index >= 15 is 0 Å². The lowest BCUT2D eigenvalue weighted by molar-refractivity contribution is -0.125. The molecule has 1 atom stereocenters. The first-order valence-electron chi connectivity index (χ1n) is 8.27. The molecule has 5 nitrogen and oxygen atoms in total. The smallest absolute Gasteiger partial charge is 0.339 e. The molecule has 6 heteroatoms. The molecule has 0 aliphatic carbocycles. The maximum Gasteiger partial charge on any atom is 0.339 e. The average molecular weight is 381 g/mol. The Morgan fingerprint density at radius 1 is 1.04 bits per heavy atom. The number of benzene rings is 2. The van der Waals surface area contributed by atoms with E-state index in [1.54, 1.807) is 42.5 Å². The Bertz CT molecular complexity index is 946. The van der Waals surface area contributed by atoms with Crippen molar-refractivity contribution in [3.63, 3.8) is 0 Å². The quantitative estimate of drug-likeness (QED) is 0.658. The maximum atomic E-state index is 12.8. The molecule has 27 heavy (non-hydrogen) atoms. The van der Waals surface area contributed by atoms with Crippen molar-refractivity contribution < 1.29 is 14.3 Å². The van der Waals surface area contributed by atoms with Crippen LogP contribution in [0.25, 0.3) is 0 Å². The molecule has 1 heterocycles. The van der Waals surface area contributed by atoms with Gasteiger partial charge in [0.1, 0.15) is 0 Å². The van der Waals surface area contributed by atoms with Crippen molar-refractivity contribution >= 4 is 29.2 Å². The molecule has 0 unspecified atom stereocenters. The molecule has 0 fully saturated rings. The molecular weight excluding hydrogens is 364 g/mol. The van der Waals surface area contributed by atoms with Crippen LogP contribution in [-0.4, -0.2) is 16.9 Å². The van der Waals surface area contributed by atoms with Gasteiger partial charge in [0, 0.05) is 28.7 Å². The Labute approximate surface area is 162 Å². The molecule has 0 saturated carbocycles. The summed E-state index contributed by atoms with van der Waals surface area (Å²) in [5.74, 6) is -1.08. The van der Waals surface area contributed by atoms with Gasteiger partial charge in [-0.15, -0.1) is 0 Å². The Kier molecular flexibility index (Phi) is 5.84. The molecule has 136 valence electrons. The number of rotatable bonds is 5. The van der Waals surface area contributed by atoms with Crippen LogP contribution < -0.4 is 5.32 Å². The lowest BCUT2D eigenvalue weighted by Gasteiger charge is -2.18. The Morgan fingerprint density at radius 2 is 1.74 bits per heavy atom. The van der Waals surface area contributed by atoms with Gasteiger partial charge < -0.3 is 10.1 Å². The molecule has 0 radical (unpaired) electrons. The summed E-state index contributed by atoms with van der Waals surface area (Å²) in [5, 5.41) is 3.29. The van der Waals surface area contributed by atoms with Crippen LogP contribution in [0.4, 0.5) is 5.69 Å². The van der Waals surface area contributed by atoms with Crippen LogP contribution in [-0.2, 0) is 9.53 Å². The number of halogens is 1. The molecular formula is C21H17ClN2O3. The first-order valence-corrected chi connectivity index (χ1v) is 8.65. The van der Waals surface area contributed by atoms with Gasteiger partial charge in [-0.05, 0) is 36.8 Å². The van der Waals surface area contributed by atoms with Crippen molar-refractivity contribution in [2.45, 2.75) is 13.0 Å². The van der Waals surface area contributed by atoms with Crippen LogP contribution in [0.3, 0.4) is 0 Å². The summed E-state index contributed by atoms with van der Waals surface area (Å²) >= 11 is 6.12. The summed E-state index contributed by atoms with van der Waals surface area (Å²) in [6.45, 7) is 1.87. The summed E-state index contributed by atoms with van der Waals surface area (Å²) in [6.07, 6.45) is 1.87. The second-order valence-electron chi connectivity index (χ2n) is 5.89. The number of nitrogens with zero attached hydrogens (tertiary/aromatic N) is 1. The molecule has 0 saturated heterocycles. The number of aromatic nitrogens is 1. The molecule has 1 amide bonds. The van der Waals surface area contributed by atoms with Gasteiger partial charge in [-0.2, -0.15) is 0 Å². The van der Waals surface area contributed by atoms with E-state index in [1.807, 2.05) is 13.0 Å². The standard InChI is InChI=1S/C21H17ClN2O3/c1-14-7-8-17(13-18(14)22)24-20(25)19(15-5-3-2-4-6-15)27-21(26)16-9-11-23-12-10-16/h2-13,19H,1H3,(H,24,25)/t19-/m0/s1. The zero-order valence-electron chi connectivity index (χ0n) is 14.6. The first kappa shape index (κ1) is 18.6. The molecule has 1 N–H and O–H groups in total. The third kappa shape index (κ3) is 4.71. The number of pyridine rings is 1. The largest absolute Gasteiger partial charge is 0.444 e. The topological polar surface area (TPSA) is 68.3 Å². The zero-order valence-corrected chi connectivity index (χ0v) is 15.3. The highest BCUT2D eigenvalue weighted by molar-refractivity contribution is 6.31. The van der Waals surface area contributed by atoms with E-state index in [9.17, 15) is 9.59 Å². The van der Waals surface area contributed by atoms with Crippen molar-refractivity contribution in [1.82, 2.24) is 4.98 Å². The summed E-state index contributed by atoms with van der Waals surface area (Å²) in [5.41, 5.74) is 2.31. The fourth-order valence-corrected chi connectivity index (χ4v) is 2.62. The predicted octanol–water partition coefficient (Wildman–Crippen LogP) is 4.58. The fraction of sp³-hybridized carbons (Fsp3) is 0.0952. The molecule has 3 rings (SSSR count). The van der Waals surface area contributed by atoms with Crippen LogP contribution in [0.15, 0.2) is 73.1 Å². The van der Waals surface area contributed by atoms with E-state index in [-0.39, 0.29) is 0 Å². The molecule has 0 spiro atoms. The van der Waals surface area contributed by atoms with Crippen molar-refractivity contribution in [1.29, 1.82) is 0 Å². The van der Waals surface area contributed by atoms with Gasteiger partial charge in [0.15, 0.2) is 0 Å². The minimum atomic E-state index is -1.10. The minimum Gasteiger partial charge on any atom is -0.444 e. The molecule has 3 aromatic rings. The van der Waals surface area contributed by atoms with E-state index in [1.165, 1.54) is 24.5 Å². The third-order valence-corrected chi connectivity index (χ3v) is 4.33. The number of hydrogen-bond donors (Lipinski definition) is 1. The number of carbonyl (C=O) groups is 2. The SMILES string of the molecule is Cc1ccc(NC(=O)[C@@H](OC(=O)c2ccncc2)c2ccccc2)cc1Cl. The number of aryl methyl sites for hydroxylation is 1. The Hall–Kier alpha value is -3.18. The second kappa shape index (κ2) is 8.47. The Morgan fingerprint density at radius 3 is 2.41 bits per heavy atom. The second-order valence-corrected chi connectivity index (χ2v) is 6.29. The zero-order chi connectivity index (χ0) is 19.2. The highest BCUT2D eigenvalue weighted by Crippen LogP contribution is 2.24. The van der Waals surface area contributed by atoms with Gasteiger partial charge in [-0.25, -0.2) is 4.79 Å². The third-order valence-electron chi connectivity index (χ3n) is 3.92. The number of carbonyl (C=O) groups excluding carboxylic acids is 2. The monoisotopic (exact) mass is 380 g/mol. The van der Waals surface area contributed by atoms with Crippen molar-refractivity contribution in [3.05, 3.63) is 94.8 Å². The molecule has 0 bridgehead atoms. The van der Waals surface area contributed by atoms with Crippen molar-refractivity contribution in [2.75, 3.05) is 5.32 Å². The predicted molar refractivity (Wildman–Crippen MR) is 104 cm³/mol. The molecule has 2 aromatic carbocycles. The number of nitrogens with one attached hydrogen (secondary N) is 1. The Balaban J connectivity index is 1.84. The van der Waals surface area contributed by atoms with Crippen LogP contribution in [0.1, 0.15) is 27.6 Å². The van der Waals surface area contributed by atoms with Crippen LogP contribution >= 0.6 is 11.6 Å². The summed E-state index contributed by atoms with van der Waals surface area (Å²) in [7, 11) is 0. The minimum absolute atomic E-state index is 0.317. The van der Waals surface area contributed by atoms with Gasteiger partial charge in [0.2, 0.25) is 6.10 Å². The average Bonchev–Trinajstić information content (AvgIpc) is 2.70. The van der Waals surface area contributed by atoms with E-state index in [0.717, 1.165) is 5.56 Å². The van der Waals surface area contributed by atoms with Crippen LogP contribution in [0.2, 0.25) is 5.02 Å². The lowest BCUT2D eigenvalue weighted by Crippen LogP contribution is -2.26. The number of amides is 1. The summed E-state index contributed by atoms with van der Waals surface area (Å²) < 4.78 is 5.50. The van der Waals surface area contributed by atoms with Gasteiger partial charge in [0.25, 0.3) is 5.91 Å². The van der Waals surface area contributed by atoms with E-state index in [4.69, 9.17) is 16.3 Å². The van der Waals surface area contributed by atoms with Gasteiger partial charge in [-0.3, -0.25) is 9.78 Å². The number of ether oxygens (including phenoxy) is 1. The summed E-state index contributed by atoms with van der Waals surface area (Å²) in [6, 6.07) is 17.1. The first-order chi connectivity index (χ1) is 13.0. The molecule has 0 aliphatic rings. The highest BCUT2D eigenvalue weighted by atomic mass is 35.5. The summed E-state index contributed by atoms with van der Waals surface area (Å²) in [4.78, 5) is 29.1. The van der Waals surface area contributed by atoms with Crippen molar-refractivity contribution in [3.8, 4) is 0 Å².